The molecule has 0 aliphatic carbocycles. The standard InChI is InChI=1S/C13H22NO6P/c1-4-17-13(15)8-7-9-10-11(12(8)20-9)14(10)21(16,18-5-2)19-6-3/h8-12H,4-7H2,1-3H3/t8?,9-,10-,11-,12+,14?/m1/s1. The van der Waals surface area contributed by atoms with Crippen LogP contribution in [-0.4, -0.2) is 54.8 Å². The third-order valence-electron chi connectivity index (χ3n) is 4.26. The van der Waals surface area contributed by atoms with Gasteiger partial charge in [0, 0.05) is 0 Å². The maximum atomic E-state index is 12.8. The average Bonchev–Trinajstić information content (AvgIpc) is 2.94. The summed E-state index contributed by atoms with van der Waals surface area (Å²) in [6, 6.07) is -0.00769. The number of morpholine rings is 1. The summed E-state index contributed by atoms with van der Waals surface area (Å²) in [4.78, 5) is 12.0. The molecule has 0 aromatic heterocycles. The molecule has 120 valence electrons. The van der Waals surface area contributed by atoms with Crippen LogP contribution >= 0.6 is 7.75 Å². The van der Waals surface area contributed by atoms with E-state index in [1.54, 1.807) is 25.4 Å². The Balaban J connectivity index is 1.72. The van der Waals surface area contributed by atoms with Crippen LogP contribution in [0.4, 0.5) is 0 Å². The van der Waals surface area contributed by atoms with Gasteiger partial charge in [-0.1, -0.05) is 0 Å². The van der Waals surface area contributed by atoms with Crippen molar-refractivity contribution in [2.24, 2.45) is 5.92 Å². The molecule has 21 heavy (non-hydrogen) atoms. The molecule has 3 aliphatic heterocycles. The van der Waals surface area contributed by atoms with Gasteiger partial charge in [0.05, 0.1) is 50.0 Å². The Morgan fingerprint density at radius 1 is 1.19 bits per heavy atom. The molecule has 2 bridgehead atoms. The van der Waals surface area contributed by atoms with Crippen molar-refractivity contribution >= 4 is 13.7 Å². The Hall–Kier alpha value is -0.460. The van der Waals surface area contributed by atoms with Gasteiger partial charge in [-0.05, 0) is 27.2 Å². The maximum absolute atomic E-state index is 12.8. The van der Waals surface area contributed by atoms with Gasteiger partial charge in [-0.3, -0.25) is 13.8 Å². The molecule has 0 aromatic rings. The molecule has 2 unspecified atom stereocenters. The summed E-state index contributed by atoms with van der Waals surface area (Å²) in [5.41, 5.74) is 0. The molecule has 0 amide bonds. The number of ether oxygens (including phenoxy) is 2. The smallest absolute Gasteiger partial charge is 0.408 e. The van der Waals surface area contributed by atoms with Crippen molar-refractivity contribution in [1.29, 1.82) is 0 Å². The summed E-state index contributed by atoms with van der Waals surface area (Å²) in [5.74, 6) is -0.490. The molecule has 0 saturated carbocycles. The monoisotopic (exact) mass is 319 g/mol. The second kappa shape index (κ2) is 5.63. The number of carbonyl (C=O) groups is 1. The Morgan fingerprint density at radius 2 is 1.86 bits per heavy atom. The molecule has 6 atom stereocenters. The zero-order valence-electron chi connectivity index (χ0n) is 12.6. The normalized spacial score (nSPS) is 40.1. The molecule has 0 aromatic carbocycles. The van der Waals surface area contributed by atoms with Crippen LogP contribution in [-0.2, 0) is 27.9 Å². The molecule has 8 heteroatoms. The van der Waals surface area contributed by atoms with E-state index in [1.165, 1.54) is 0 Å². The quantitative estimate of drug-likeness (QED) is 0.400. The van der Waals surface area contributed by atoms with Crippen LogP contribution in [0, 0.1) is 5.92 Å². The van der Waals surface area contributed by atoms with E-state index in [0.717, 1.165) is 0 Å². The van der Waals surface area contributed by atoms with Crippen molar-refractivity contribution in [3.05, 3.63) is 0 Å². The lowest BCUT2D eigenvalue weighted by Crippen LogP contribution is -2.32. The number of hydrogen-bond donors (Lipinski definition) is 0. The van der Waals surface area contributed by atoms with E-state index in [9.17, 15) is 9.36 Å². The first-order valence-corrected chi connectivity index (χ1v) is 9.07. The highest BCUT2D eigenvalue weighted by atomic mass is 31.2. The molecule has 3 saturated heterocycles. The fourth-order valence-corrected chi connectivity index (χ4v) is 5.71. The third kappa shape index (κ3) is 2.35. The molecular formula is C13H22NO6P. The van der Waals surface area contributed by atoms with Gasteiger partial charge < -0.3 is 9.47 Å². The van der Waals surface area contributed by atoms with E-state index < -0.39 is 7.75 Å². The van der Waals surface area contributed by atoms with Crippen molar-refractivity contribution in [2.45, 2.75) is 51.5 Å². The summed E-state index contributed by atoms with van der Waals surface area (Å²) in [5, 5.41) is 0. The second-order valence-corrected chi connectivity index (χ2v) is 7.31. The lowest BCUT2D eigenvalue weighted by atomic mass is 9.89. The number of rotatable bonds is 7. The summed E-state index contributed by atoms with van der Waals surface area (Å²) >= 11 is 0. The number of esters is 1. The molecular weight excluding hydrogens is 297 g/mol. The highest BCUT2D eigenvalue weighted by molar-refractivity contribution is 7.51. The second-order valence-electron chi connectivity index (χ2n) is 5.40. The zero-order chi connectivity index (χ0) is 15.2. The molecule has 3 rings (SSSR count). The van der Waals surface area contributed by atoms with Crippen LogP contribution < -0.4 is 0 Å². The number of nitrogens with zero attached hydrogens (tertiary/aromatic N) is 1. The van der Waals surface area contributed by atoms with E-state index in [0.29, 0.717) is 26.2 Å². The highest BCUT2D eigenvalue weighted by Gasteiger charge is 2.75. The average molecular weight is 319 g/mol. The van der Waals surface area contributed by atoms with E-state index in [4.69, 9.17) is 18.5 Å². The molecule has 0 N–H and O–H groups in total. The Bertz CT molecular complexity index is 462. The summed E-state index contributed by atoms with van der Waals surface area (Å²) in [6.45, 7) is 6.38. The fraction of sp³-hybridized carbons (Fsp3) is 0.923. The molecule has 0 spiro atoms. The molecule has 3 heterocycles. The molecule has 7 nitrogen and oxygen atoms in total. The van der Waals surface area contributed by atoms with Crippen LogP contribution in [0.15, 0.2) is 0 Å². The molecule has 0 radical (unpaired) electrons. The van der Waals surface area contributed by atoms with Gasteiger partial charge in [-0.2, -0.15) is 4.67 Å². The minimum Gasteiger partial charge on any atom is -0.466 e. The topological polar surface area (TPSA) is 74.1 Å². The van der Waals surface area contributed by atoms with Crippen LogP contribution in [0.5, 0.6) is 0 Å². The Labute approximate surface area is 124 Å². The first-order valence-electron chi connectivity index (χ1n) is 7.57. The number of fused-ring (bicyclic) bond motifs is 5. The van der Waals surface area contributed by atoms with Crippen molar-refractivity contribution in [2.75, 3.05) is 19.8 Å². The predicted molar refractivity (Wildman–Crippen MR) is 73.7 cm³/mol. The van der Waals surface area contributed by atoms with Gasteiger partial charge in [0.25, 0.3) is 0 Å². The van der Waals surface area contributed by atoms with Gasteiger partial charge in [0.15, 0.2) is 0 Å². The first kappa shape index (κ1) is 15.4. The fourth-order valence-electron chi connectivity index (χ4n) is 3.57. The van der Waals surface area contributed by atoms with Gasteiger partial charge in [-0.15, -0.1) is 0 Å². The maximum Gasteiger partial charge on any atom is 0.408 e. The predicted octanol–water partition coefficient (Wildman–Crippen LogP) is 1.57. The van der Waals surface area contributed by atoms with Crippen molar-refractivity contribution in [1.82, 2.24) is 4.67 Å². The van der Waals surface area contributed by atoms with Crippen LogP contribution in [0.2, 0.25) is 0 Å². The van der Waals surface area contributed by atoms with Gasteiger partial charge in [0.1, 0.15) is 0 Å². The van der Waals surface area contributed by atoms with Gasteiger partial charge in [0.2, 0.25) is 0 Å². The lowest BCUT2D eigenvalue weighted by Gasteiger charge is -2.22. The lowest BCUT2D eigenvalue weighted by molar-refractivity contribution is -0.149. The summed E-state index contributed by atoms with van der Waals surface area (Å²) < 4.78 is 36.3. The first-order chi connectivity index (χ1) is 10.1. The molecule has 3 aliphatic rings. The van der Waals surface area contributed by atoms with E-state index in [2.05, 4.69) is 0 Å². The van der Waals surface area contributed by atoms with E-state index in [1.807, 2.05) is 0 Å². The van der Waals surface area contributed by atoms with Crippen LogP contribution in [0.3, 0.4) is 0 Å². The Kier molecular flexibility index (Phi) is 4.14. The summed E-state index contributed by atoms with van der Waals surface area (Å²) in [6.07, 6.45) is 0.288. The number of hydrogen-bond acceptors (Lipinski definition) is 6. The summed E-state index contributed by atoms with van der Waals surface area (Å²) in [7, 11) is -3.26. The minimum atomic E-state index is -3.26. The largest absolute Gasteiger partial charge is 0.466 e. The third-order valence-corrected chi connectivity index (χ3v) is 6.53. The van der Waals surface area contributed by atoms with E-state index >= 15 is 0 Å². The zero-order valence-corrected chi connectivity index (χ0v) is 13.5. The van der Waals surface area contributed by atoms with Gasteiger partial charge in [-0.25, -0.2) is 4.57 Å². The SMILES string of the molecule is CCOC(=O)C1C[C@H]2O[C@@H]1[C@H]1[C@@H]2N1P(=O)(OCC)OCC. The number of carbonyl (C=O) groups excluding carboxylic acids is 1. The molecule has 3 fully saturated rings. The van der Waals surface area contributed by atoms with Crippen molar-refractivity contribution in [3.8, 4) is 0 Å². The highest BCUT2D eigenvalue weighted by Crippen LogP contribution is 2.68. The minimum absolute atomic E-state index is 0.0459. The van der Waals surface area contributed by atoms with Crippen molar-refractivity contribution in [3.63, 3.8) is 0 Å². The van der Waals surface area contributed by atoms with Crippen molar-refractivity contribution < 1.29 is 27.9 Å². The van der Waals surface area contributed by atoms with Crippen LogP contribution in [0.1, 0.15) is 27.2 Å². The van der Waals surface area contributed by atoms with Gasteiger partial charge >= 0.3 is 13.7 Å². The van der Waals surface area contributed by atoms with Crippen LogP contribution in [0.25, 0.3) is 0 Å². The van der Waals surface area contributed by atoms with E-state index in [-0.39, 0.29) is 36.2 Å². The Morgan fingerprint density at radius 3 is 2.43 bits per heavy atom.